The minimum Gasteiger partial charge on any atom is -0.384 e. The van der Waals surface area contributed by atoms with Gasteiger partial charge in [-0.25, -0.2) is 0 Å². The molecule has 0 aromatic heterocycles. The third kappa shape index (κ3) is 2.32. The third-order valence-electron chi connectivity index (χ3n) is 3.64. The number of carbonyl (C=O) groups is 1. The number of hydrogen-bond donors (Lipinski definition) is 1. The Hall–Kier alpha value is -0.610. The molecule has 0 bridgehead atoms. The summed E-state index contributed by atoms with van der Waals surface area (Å²) in [5.41, 5.74) is 0.392. The van der Waals surface area contributed by atoms with Gasteiger partial charge in [0, 0.05) is 32.2 Å². The van der Waals surface area contributed by atoms with Crippen LogP contribution < -0.4 is 5.32 Å². The van der Waals surface area contributed by atoms with Crippen molar-refractivity contribution in [2.45, 2.75) is 19.3 Å². The number of likely N-dealkylation sites (tertiary alicyclic amines) is 1. The minimum absolute atomic E-state index is 0.251. The maximum atomic E-state index is 11.8. The molecule has 0 saturated carbocycles. The van der Waals surface area contributed by atoms with Crippen LogP contribution in [0, 0.1) is 5.41 Å². The molecule has 0 aromatic carbocycles. The van der Waals surface area contributed by atoms with E-state index < -0.39 is 0 Å². The molecule has 2 fully saturated rings. The second kappa shape index (κ2) is 4.49. The summed E-state index contributed by atoms with van der Waals surface area (Å²) < 4.78 is 4.93. The first-order chi connectivity index (χ1) is 7.26. The second-order valence-corrected chi connectivity index (χ2v) is 4.73. The van der Waals surface area contributed by atoms with Crippen LogP contribution in [0.5, 0.6) is 0 Å². The van der Waals surface area contributed by atoms with E-state index in [0.29, 0.717) is 18.4 Å². The van der Waals surface area contributed by atoms with Crippen molar-refractivity contribution in [3.63, 3.8) is 0 Å². The average Bonchev–Trinajstić information content (AvgIpc) is 2.86. The fourth-order valence-electron chi connectivity index (χ4n) is 2.64. The highest BCUT2D eigenvalue weighted by molar-refractivity contribution is 5.76. The number of carbonyl (C=O) groups excluding carboxylic acids is 1. The first-order valence-electron chi connectivity index (χ1n) is 5.73. The van der Waals surface area contributed by atoms with Gasteiger partial charge in [0.1, 0.15) is 0 Å². The van der Waals surface area contributed by atoms with E-state index in [0.717, 1.165) is 26.2 Å². The van der Waals surface area contributed by atoms with Crippen LogP contribution in [0.15, 0.2) is 0 Å². The van der Waals surface area contributed by atoms with E-state index in [9.17, 15) is 4.79 Å². The van der Waals surface area contributed by atoms with Gasteiger partial charge in [0.05, 0.1) is 13.0 Å². The largest absolute Gasteiger partial charge is 0.384 e. The lowest BCUT2D eigenvalue weighted by atomic mass is 9.87. The summed E-state index contributed by atoms with van der Waals surface area (Å²) in [6.45, 7) is 4.62. The fourth-order valence-corrected chi connectivity index (χ4v) is 2.64. The number of rotatable bonds is 3. The highest BCUT2D eigenvalue weighted by atomic mass is 16.5. The predicted molar refractivity (Wildman–Crippen MR) is 57.6 cm³/mol. The van der Waals surface area contributed by atoms with Crippen LogP contribution in [0.25, 0.3) is 0 Å². The van der Waals surface area contributed by atoms with E-state index in [4.69, 9.17) is 4.74 Å². The summed E-state index contributed by atoms with van der Waals surface area (Å²) in [5, 5.41) is 3.39. The van der Waals surface area contributed by atoms with Gasteiger partial charge in [-0.2, -0.15) is 0 Å². The summed E-state index contributed by atoms with van der Waals surface area (Å²) in [4.78, 5) is 13.8. The van der Waals surface area contributed by atoms with Crippen LogP contribution in [0.2, 0.25) is 0 Å². The van der Waals surface area contributed by atoms with E-state index in [-0.39, 0.29) is 5.91 Å². The minimum atomic E-state index is 0.251. The molecule has 1 spiro atoms. The monoisotopic (exact) mass is 212 g/mol. The van der Waals surface area contributed by atoms with E-state index in [1.165, 1.54) is 12.8 Å². The molecule has 2 aliphatic heterocycles. The second-order valence-electron chi connectivity index (χ2n) is 4.73. The highest BCUT2D eigenvalue weighted by Gasteiger charge is 2.41. The van der Waals surface area contributed by atoms with E-state index in [2.05, 4.69) is 5.32 Å². The van der Waals surface area contributed by atoms with Crippen molar-refractivity contribution in [3.05, 3.63) is 0 Å². The lowest BCUT2D eigenvalue weighted by Gasteiger charge is -2.22. The molecule has 1 amide bonds. The van der Waals surface area contributed by atoms with Crippen LogP contribution in [-0.4, -0.2) is 50.7 Å². The van der Waals surface area contributed by atoms with Crippen molar-refractivity contribution in [1.82, 2.24) is 10.2 Å². The van der Waals surface area contributed by atoms with Crippen molar-refractivity contribution in [1.29, 1.82) is 0 Å². The fraction of sp³-hybridized carbons (Fsp3) is 0.909. The number of nitrogens with one attached hydrogen (secondary N) is 1. The summed E-state index contributed by atoms with van der Waals surface area (Å²) in [6, 6.07) is 0. The average molecular weight is 212 g/mol. The molecule has 2 rings (SSSR count). The number of ether oxygens (including phenoxy) is 1. The Balaban J connectivity index is 1.83. The maximum absolute atomic E-state index is 11.8. The van der Waals surface area contributed by atoms with Gasteiger partial charge in [0.2, 0.25) is 5.91 Å². The first kappa shape index (κ1) is 10.9. The molecule has 1 unspecified atom stereocenters. The van der Waals surface area contributed by atoms with Crippen molar-refractivity contribution in [2.24, 2.45) is 5.41 Å². The van der Waals surface area contributed by atoms with E-state index >= 15 is 0 Å². The molecule has 15 heavy (non-hydrogen) atoms. The smallest absolute Gasteiger partial charge is 0.224 e. The van der Waals surface area contributed by atoms with Crippen molar-refractivity contribution in [3.8, 4) is 0 Å². The SMILES string of the molecule is COCCC(=O)N1CCC2(CCNC2)C1. The van der Waals surface area contributed by atoms with Gasteiger partial charge >= 0.3 is 0 Å². The number of nitrogens with zero attached hydrogens (tertiary/aromatic N) is 1. The summed E-state index contributed by atoms with van der Waals surface area (Å²) in [6.07, 6.45) is 2.92. The van der Waals surface area contributed by atoms with Gasteiger partial charge in [-0.05, 0) is 19.4 Å². The molecule has 4 heteroatoms. The van der Waals surface area contributed by atoms with Gasteiger partial charge in [-0.1, -0.05) is 0 Å². The Kier molecular flexibility index (Phi) is 3.26. The molecule has 0 aromatic rings. The molecular formula is C11H20N2O2. The predicted octanol–water partition coefficient (Wildman–Crippen LogP) is 0.235. The van der Waals surface area contributed by atoms with Gasteiger partial charge in [-0.3, -0.25) is 4.79 Å². The molecular weight excluding hydrogens is 192 g/mol. The summed E-state index contributed by atoms with van der Waals surface area (Å²) in [5.74, 6) is 0.251. The standard InChI is InChI=1S/C11H20N2O2/c1-15-7-2-10(14)13-6-4-11(9-13)3-5-12-8-11/h12H,2-9H2,1H3. The van der Waals surface area contributed by atoms with E-state index in [1.807, 2.05) is 4.90 Å². The first-order valence-corrected chi connectivity index (χ1v) is 5.73. The molecule has 86 valence electrons. The quantitative estimate of drug-likeness (QED) is 0.728. The van der Waals surface area contributed by atoms with Crippen LogP contribution in [0.3, 0.4) is 0 Å². The molecule has 1 N–H and O–H groups in total. The Morgan fingerprint density at radius 2 is 2.40 bits per heavy atom. The van der Waals surface area contributed by atoms with Crippen LogP contribution in [0.4, 0.5) is 0 Å². The maximum Gasteiger partial charge on any atom is 0.224 e. The van der Waals surface area contributed by atoms with Gasteiger partial charge in [0.15, 0.2) is 0 Å². The Morgan fingerprint density at radius 1 is 1.53 bits per heavy atom. The number of amides is 1. The Labute approximate surface area is 91.0 Å². The molecule has 0 radical (unpaired) electrons. The molecule has 4 nitrogen and oxygen atoms in total. The Bertz CT molecular complexity index is 237. The van der Waals surface area contributed by atoms with Crippen LogP contribution in [-0.2, 0) is 9.53 Å². The van der Waals surface area contributed by atoms with Gasteiger partial charge in [0.25, 0.3) is 0 Å². The highest BCUT2D eigenvalue weighted by Crippen LogP contribution is 2.36. The lowest BCUT2D eigenvalue weighted by molar-refractivity contribution is -0.131. The zero-order valence-electron chi connectivity index (χ0n) is 9.42. The lowest BCUT2D eigenvalue weighted by Crippen LogP contribution is -2.33. The summed E-state index contributed by atoms with van der Waals surface area (Å²) in [7, 11) is 1.64. The van der Waals surface area contributed by atoms with Crippen molar-refractivity contribution < 1.29 is 9.53 Å². The van der Waals surface area contributed by atoms with Crippen molar-refractivity contribution >= 4 is 5.91 Å². The number of hydrogen-bond acceptors (Lipinski definition) is 3. The molecule has 1 atom stereocenters. The number of methoxy groups -OCH3 is 1. The molecule has 0 aliphatic carbocycles. The molecule has 2 saturated heterocycles. The van der Waals surface area contributed by atoms with Gasteiger partial charge in [-0.15, -0.1) is 0 Å². The van der Waals surface area contributed by atoms with Gasteiger partial charge < -0.3 is 15.0 Å². The van der Waals surface area contributed by atoms with Crippen LogP contribution >= 0.6 is 0 Å². The molecule has 2 heterocycles. The van der Waals surface area contributed by atoms with Crippen LogP contribution in [0.1, 0.15) is 19.3 Å². The summed E-state index contributed by atoms with van der Waals surface area (Å²) >= 11 is 0. The Morgan fingerprint density at radius 3 is 3.07 bits per heavy atom. The van der Waals surface area contributed by atoms with E-state index in [1.54, 1.807) is 7.11 Å². The zero-order chi connectivity index (χ0) is 10.7. The van der Waals surface area contributed by atoms with Crippen molar-refractivity contribution in [2.75, 3.05) is 39.9 Å². The topological polar surface area (TPSA) is 41.6 Å². The zero-order valence-corrected chi connectivity index (χ0v) is 9.42. The molecule has 2 aliphatic rings. The normalized spacial score (nSPS) is 30.3. The third-order valence-corrected chi connectivity index (χ3v) is 3.64.